The van der Waals surface area contributed by atoms with Gasteiger partial charge in [0.2, 0.25) is 0 Å². The van der Waals surface area contributed by atoms with Gasteiger partial charge in [-0.25, -0.2) is 0 Å². The number of hydrogen-bond donors (Lipinski definition) is 0. The molecule has 0 aromatic rings. The van der Waals surface area contributed by atoms with Gasteiger partial charge in [-0.3, -0.25) is 0 Å². The highest BCUT2D eigenvalue weighted by Crippen LogP contribution is 2.20. The highest BCUT2D eigenvalue weighted by Gasteiger charge is 2.22. The Morgan fingerprint density at radius 1 is 0.469 bits per heavy atom. The molecule has 0 bridgehead atoms. The molecule has 0 heterocycles. The Hall–Kier alpha value is 0.0938. The van der Waals surface area contributed by atoms with E-state index in [1.54, 1.807) is 0 Å². The maximum atomic E-state index is 6.56. The van der Waals surface area contributed by atoms with Crippen LogP contribution in [0.1, 0.15) is 117 Å². The Kier molecular flexibility index (Phi) is 19.5. The van der Waals surface area contributed by atoms with Crippen LogP contribution in [0.2, 0.25) is 39.3 Å². The van der Waals surface area contributed by atoms with E-state index in [2.05, 4.69) is 65.3 Å². The molecular weight excluding hydrogens is 424 g/mol. The van der Waals surface area contributed by atoms with Gasteiger partial charge < -0.3 is 8.85 Å². The molecule has 0 aliphatic rings. The zero-order valence-electron chi connectivity index (χ0n) is 23.4. The van der Waals surface area contributed by atoms with E-state index in [0.29, 0.717) is 0 Å². The lowest BCUT2D eigenvalue weighted by atomic mass is 10.0. The lowest BCUT2D eigenvalue weighted by Crippen LogP contribution is -2.33. The first-order valence-electron chi connectivity index (χ1n) is 14.1. The third kappa shape index (κ3) is 23.3. The predicted octanol–water partition coefficient (Wildman–Crippen LogP) is 10.3. The second-order valence-corrected chi connectivity index (χ2v) is 20.7. The zero-order chi connectivity index (χ0) is 24.3. The maximum absolute atomic E-state index is 6.56. The van der Waals surface area contributed by atoms with Gasteiger partial charge in [0, 0.05) is 0 Å². The molecule has 0 aliphatic heterocycles. The second-order valence-electron chi connectivity index (χ2n) is 11.7. The average Bonchev–Trinajstić information content (AvgIpc) is 2.68. The third-order valence-corrected chi connectivity index (χ3v) is 7.75. The summed E-state index contributed by atoms with van der Waals surface area (Å²) >= 11 is 0. The first kappa shape index (κ1) is 32.1. The van der Waals surface area contributed by atoms with E-state index >= 15 is 0 Å². The first-order valence-corrected chi connectivity index (χ1v) is 20.9. The van der Waals surface area contributed by atoms with Crippen LogP contribution in [0.15, 0.2) is 12.2 Å². The van der Waals surface area contributed by atoms with Crippen molar-refractivity contribution in [2.75, 3.05) is 0 Å². The summed E-state index contributed by atoms with van der Waals surface area (Å²) in [4.78, 5) is 0. The van der Waals surface area contributed by atoms with E-state index in [4.69, 9.17) is 8.85 Å². The smallest absolute Gasteiger partial charge is 0.184 e. The molecule has 0 aromatic carbocycles. The molecule has 0 spiro atoms. The Labute approximate surface area is 205 Å². The van der Waals surface area contributed by atoms with Gasteiger partial charge in [0.1, 0.15) is 0 Å². The topological polar surface area (TPSA) is 18.5 Å². The number of rotatable bonds is 22. The standard InChI is InChI=1S/C28H60O2Si2/c1-9-11-13-15-16-17-18-20-22-24-28(30-32(6,7)8)26-25-27(29-31(3,4)5)23-21-19-14-12-10-2/h25-28H,9-24H2,1-8H3/b26-25+/t27-,28-/m0/s1. The van der Waals surface area contributed by atoms with Crippen LogP contribution in [0.5, 0.6) is 0 Å². The van der Waals surface area contributed by atoms with Crippen LogP contribution in [0, 0.1) is 0 Å². The quantitative estimate of drug-likeness (QED) is 0.0864. The highest BCUT2D eigenvalue weighted by atomic mass is 28.4. The highest BCUT2D eigenvalue weighted by molar-refractivity contribution is 6.70. The van der Waals surface area contributed by atoms with Gasteiger partial charge in [-0.05, 0) is 52.1 Å². The van der Waals surface area contributed by atoms with Crippen LogP contribution in [0.3, 0.4) is 0 Å². The molecule has 0 aliphatic carbocycles. The van der Waals surface area contributed by atoms with Crippen LogP contribution in [0.4, 0.5) is 0 Å². The maximum Gasteiger partial charge on any atom is 0.184 e. The van der Waals surface area contributed by atoms with Gasteiger partial charge in [-0.15, -0.1) is 0 Å². The van der Waals surface area contributed by atoms with Gasteiger partial charge in [0.15, 0.2) is 16.6 Å². The summed E-state index contributed by atoms with van der Waals surface area (Å²) in [6.45, 7) is 18.4. The molecule has 0 rings (SSSR count). The molecule has 0 N–H and O–H groups in total. The van der Waals surface area contributed by atoms with Crippen molar-refractivity contribution >= 4 is 16.6 Å². The lowest BCUT2D eigenvalue weighted by Gasteiger charge is -2.27. The van der Waals surface area contributed by atoms with Crippen LogP contribution < -0.4 is 0 Å². The fourth-order valence-corrected chi connectivity index (χ4v) is 6.36. The van der Waals surface area contributed by atoms with Crippen LogP contribution in [-0.2, 0) is 8.85 Å². The van der Waals surface area contributed by atoms with Crippen molar-refractivity contribution in [1.29, 1.82) is 0 Å². The molecule has 0 aromatic heterocycles. The Morgan fingerprint density at radius 2 is 0.750 bits per heavy atom. The summed E-state index contributed by atoms with van der Waals surface area (Å²) in [5.74, 6) is 0. The Bertz CT molecular complexity index is 438. The van der Waals surface area contributed by atoms with E-state index in [0.717, 1.165) is 12.8 Å². The van der Waals surface area contributed by atoms with Crippen molar-refractivity contribution < 1.29 is 8.85 Å². The zero-order valence-corrected chi connectivity index (χ0v) is 25.4. The fourth-order valence-electron chi connectivity index (χ4n) is 4.15. The van der Waals surface area contributed by atoms with E-state index in [1.807, 2.05) is 0 Å². The molecule has 0 saturated carbocycles. The van der Waals surface area contributed by atoms with Crippen molar-refractivity contribution in [2.45, 2.75) is 168 Å². The number of unbranched alkanes of at least 4 members (excludes halogenated alkanes) is 12. The molecule has 32 heavy (non-hydrogen) atoms. The monoisotopic (exact) mass is 484 g/mol. The minimum Gasteiger partial charge on any atom is -0.411 e. The lowest BCUT2D eigenvalue weighted by molar-refractivity contribution is 0.210. The van der Waals surface area contributed by atoms with Gasteiger partial charge in [-0.1, -0.05) is 116 Å². The summed E-state index contributed by atoms with van der Waals surface area (Å²) in [6, 6.07) is 0. The van der Waals surface area contributed by atoms with E-state index in [9.17, 15) is 0 Å². The SMILES string of the molecule is CCCCCCCCCCC[C@@H](/C=C/[C@H](CCCCCCC)O[Si](C)(C)C)O[Si](C)(C)C. The molecule has 2 atom stereocenters. The van der Waals surface area contributed by atoms with E-state index in [1.165, 1.54) is 89.9 Å². The van der Waals surface area contributed by atoms with Crippen molar-refractivity contribution in [3.63, 3.8) is 0 Å². The van der Waals surface area contributed by atoms with Gasteiger partial charge in [0.25, 0.3) is 0 Å². The minimum atomic E-state index is -1.56. The molecule has 4 heteroatoms. The minimum absolute atomic E-state index is 0.263. The Balaban J connectivity index is 4.59. The van der Waals surface area contributed by atoms with Crippen LogP contribution >= 0.6 is 0 Å². The average molecular weight is 485 g/mol. The number of hydrogen-bond acceptors (Lipinski definition) is 2. The third-order valence-electron chi connectivity index (χ3n) is 5.73. The van der Waals surface area contributed by atoms with E-state index in [-0.39, 0.29) is 12.2 Å². The van der Waals surface area contributed by atoms with Crippen molar-refractivity contribution in [2.24, 2.45) is 0 Å². The summed E-state index contributed by atoms with van der Waals surface area (Å²) in [5.41, 5.74) is 0. The molecule has 0 radical (unpaired) electrons. The van der Waals surface area contributed by atoms with Gasteiger partial charge >= 0.3 is 0 Å². The summed E-state index contributed by atoms with van der Waals surface area (Å²) in [5, 5.41) is 0. The van der Waals surface area contributed by atoms with Gasteiger partial charge in [0.05, 0.1) is 12.2 Å². The van der Waals surface area contributed by atoms with Crippen molar-refractivity contribution in [3.8, 4) is 0 Å². The van der Waals surface area contributed by atoms with E-state index < -0.39 is 16.6 Å². The first-order chi connectivity index (χ1) is 15.1. The van der Waals surface area contributed by atoms with Gasteiger partial charge in [-0.2, -0.15) is 0 Å². The largest absolute Gasteiger partial charge is 0.411 e. The van der Waals surface area contributed by atoms with Crippen molar-refractivity contribution in [3.05, 3.63) is 12.2 Å². The summed E-state index contributed by atoms with van der Waals surface area (Å²) in [6.07, 6.45) is 26.6. The molecule has 0 saturated heterocycles. The fraction of sp³-hybridized carbons (Fsp3) is 0.929. The Morgan fingerprint density at radius 3 is 1.03 bits per heavy atom. The molecule has 0 unspecified atom stereocenters. The summed E-state index contributed by atoms with van der Waals surface area (Å²) in [7, 11) is -3.11. The molecule has 2 nitrogen and oxygen atoms in total. The molecular formula is C28H60O2Si2. The predicted molar refractivity (Wildman–Crippen MR) is 151 cm³/mol. The van der Waals surface area contributed by atoms with Crippen LogP contribution in [-0.4, -0.2) is 28.8 Å². The van der Waals surface area contributed by atoms with Crippen LogP contribution in [0.25, 0.3) is 0 Å². The normalized spacial score (nSPS) is 14.9. The van der Waals surface area contributed by atoms with Crippen molar-refractivity contribution in [1.82, 2.24) is 0 Å². The second kappa shape index (κ2) is 19.4. The summed E-state index contributed by atoms with van der Waals surface area (Å²) < 4.78 is 13.1. The molecule has 192 valence electrons. The molecule has 0 fully saturated rings. The molecule has 0 amide bonds.